The summed E-state index contributed by atoms with van der Waals surface area (Å²) in [6.45, 7) is 6.34. The normalized spacial score (nSPS) is 15.4. The van der Waals surface area contributed by atoms with Gasteiger partial charge in [-0.3, -0.25) is 14.2 Å². The second-order valence-electron chi connectivity index (χ2n) is 10.3. The number of hydrogen-bond acceptors (Lipinski definition) is 5. The van der Waals surface area contributed by atoms with Gasteiger partial charge in [0.1, 0.15) is 5.75 Å². The molecule has 0 unspecified atom stereocenters. The number of halogens is 1. The predicted molar refractivity (Wildman–Crippen MR) is 155 cm³/mol. The number of rotatable bonds is 7. The van der Waals surface area contributed by atoms with Crippen LogP contribution in [-0.2, 0) is 23.2 Å². The molecule has 38 heavy (non-hydrogen) atoms. The molecule has 2 aromatic carbocycles. The highest BCUT2D eigenvalue weighted by Gasteiger charge is 2.43. The van der Waals surface area contributed by atoms with Gasteiger partial charge in [-0.2, -0.15) is 0 Å². The minimum Gasteiger partial charge on any atom is -0.495 e. The van der Waals surface area contributed by atoms with Gasteiger partial charge in [-0.05, 0) is 49.9 Å². The van der Waals surface area contributed by atoms with Gasteiger partial charge in [-0.25, -0.2) is 4.98 Å². The third kappa shape index (κ3) is 5.14. The number of carbonyl (C=O) groups is 1. The van der Waals surface area contributed by atoms with E-state index in [0.717, 1.165) is 54.5 Å². The van der Waals surface area contributed by atoms with E-state index >= 15 is 0 Å². The average molecular weight is 550 g/mol. The van der Waals surface area contributed by atoms with E-state index in [9.17, 15) is 9.59 Å². The van der Waals surface area contributed by atoms with Crippen molar-refractivity contribution in [3.8, 4) is 17.0 Å². The fourth-order valence-electron chi connectivity index (χ4n) is 5.81. The van der Waals surface area contributed by atoms with E-state index in [1.54, 1.807) is 29.9 Å². The topological polar surface area (TPSA) is 73.2 Å². The maximum atomic E-state index is 14.2. The molecule has 2 aliphatic carbocycles. The Bertz CT molecular complexity index is 1460. The van der Waals surface area contributed by atoms with Gasteiger partial charge >= 0.3 is 0 Å². The lowest BCUT2D eigenvalue weighted by Crippen LogP contribution is -2.43. The summed E-state index contributed by atoms with van der Waals surface area (Å²) in [4.78, 5) is 32.2. The number of aromatic nitrogens is 2. The smallest absolute Gasteiger partial charge is 0.258 e. The zero-order valence-corrected chi connectivity index (χ0v) is 23.4. The zero-order chi connectivity index (χ0) is 26.9. The van der Waals surface area contributed by atoms with Crippen molar-refractivity contribution in [2.45, 2.75) is 62.6 Å². The largest absolute Gasteiger partial charge is 0.495 e. The first-order valence-corrected chi connectivity index (χ1v) is 14.3. The number of amides is 1. The molecule has 2 aliphatic rings. The number of hydrogen-bond donors (Lipinski definition) is 1. The van der Waals surface area contributed by atoms with Gasteiger partial charge in [0.05, 0.1) is 29.1 Å². The van der Waals surface area contributed by atoms with Crippen molar-refractivity contribution >= 4 is 35.0 Å². The van der Waals surface area contributed by atoms with Gasteiger partial charge in [0.25, 0.3) is 5.56 Å². The van der Waals surface area contributed by atoms with Crippen molar-refractivity contribution in [3.05, 3.63) is 81.1 Å². The lowest BCUT2D eigenvalue weighted by molar-refractivity contribution is -0.113. The Morgan fingerprint density at radius 1 is 1.21 bits per heavy atom. The zero-order valence-electron chi connectivity index (χ0n) is 21.8. The van der Waals surface area contributed by atoms with Crippen molar-refractivity contribution in [2.75, 3.05) is 18.2 Å². The number of methoxy groups -OCH3 is 1. The van der Waals surface area contributed by atoms with E-state index in [1.165, 1.54) is 23.7 Å². The summed E-state index contributed by atoms with van der Waals surface area (Å²) in [7, 11) is 1.54. The maximum Gasteiger partial charge on any atom is 0.258 e. The van der Waals surface area contributed by atoms with E-state index in [4.69, 9.17) is 21.3 Å². The van der Waals surface area contributed by atoms with Crippen LogP contribution in [0.15, 0.2) is 64.6 Å². The molecule has 1 fully saturated rings. The van der Waals surface area contributed by atoms with E-state index in [0.29, 0.717) is 28.2 Å². The molecule has 0 radical (unpaired) electrons. The first-order valence-electron chi connectivity index (χ1n) is 13.0. The van der Waals surface area contributed by atoms with Crippen LogP contribution in [0.1, 0.15) is 50.2 Å². The number of nitrogens with zero attached hydrogens (tertiary/aromatic N) is 2. The molecule has 1 heterocycles. The Hall–Kier alpha value is -3.03. The molecule has 0 bridgehead atoms. The summed E-state index contributed by atoms with van der Waals surface area (Å²) in [6, 6.07) is 13.4. The first kappa shape index (κ1) is 26.6. The molecule has 1 saturated carbocycles. The van der Waals surface area contributed by atoms with Crippen molar-refractivity contribution in [1.82, 2.24) is 9.55 Å². The number of nitrogens with one attached hydrogen (secondary N) is 1. The van der Waals surface area contributed by atoms with Crippen molar-refractivity contribution in [3.63, 3.8) is 0 Å². The van der Waals surface area contributed by atoms with Crippen LogP contribution in [0, 0.1) is 0 Å². The van der Waals surface area contributed by atoms with Crippen molar-refractivity contribution in [1.29, 1.82) is 0 Å². The van der Waals surface area contributed by atoms with E-state index in [2.05, 4.69) is 30.1 Å². The van der Waals surface area contributed by atoms with Crippen LogP contribution < -0.4 is 15.6 Å². The fraction of sp³-hybridized carbons (Fsp3) is 0.367. The van der Waals surface area contributed by atoms with Crippen LogP contribution in [0.5, 0.6) is 5.75 Å². The first-order chi connectivity index (χ1) is 18.3. The standard InChI is InChI=1S/C30H32ClN3O3S/c1-19(2)17-34-28(36)26-27(22-10-6-5-9-20(22)16-30(26)13-7-4-8-14-30)33-29(34)38-18-25(35)32-21-11-12-24(37-3)23(31)15-21/h5-6,9-12,15H,1,4,7-8,13-14,16-18H2,2-3H3,(H,32,35). The SMILES string of the molecule is C=C(C)Cn1c(SCC(=O)Nc2ccc(OC)c(Cl)c2)nc2c(c1=O)C1(CCCCC1)Cc1ccccc1-2. The number of ether oxygens (including phenoxy) is 1. The molecular formula is C30H32ClN3O3S. The summed E-state index contributed by atoms with van der Waals surface area (Å²) in [5.74, 6) is 0.420. The molecule has 1 aromatic heterocycles. The van der Waals surface area contributed by atoms with Gasteiger partial charge < -0.3 is 10.1 Å². The fourth-order valence-corrected chi connectivity index (χ4v) is 6.86. The third-order valence-electron chi connectivity index (χ3n) is 7.47. The Balaban J connectivity index is 1.51. The number of allylic oxidation sites excluding steroid dienone is 1. The Labute approximate surface area is 232 Å². The van der Waals surface area contributed by atoms with E-state index in [-0.39, 0.29) is 22.6 Å². The maximum absolute atomic E-state index is 14.2. The highest BCUT2D eigenvalue weighted by atomic mass is 35.5. The second kappa shape index (κ2) is 11.0. The Morgan fingerprint density at radius 2 is 1.97 bits per heavy atom. The third-order valence-corrected chi connectivity index (χ3v) is 8.74. The van der Waals surface area contributed by atoms with Crippen molar-refractivity contribution < 1.29 is 9.53 Å². The van der Waals surface area contributed by atoms with Gasteiger partial charge in [-0.15, -0.1) is 0 Å². The number of anilines is 1. The van der Waals surface area contributed by atoms with Crippen LogP contribution >= 0.6 is 23.4 Å². The lowest BCUT2D eigenvalue weighted by Gasteiger charge is -2.42. The Kier molecular flexibility index (Phi) is 7.68. The van der Waals surface area contributed by atoms with Gasteiger partial charge in [0, 0.05) is 23.2 Å². The molecule has 0 atom stereocenters. The molecule has 6 nitrogen and oxygen atoms in total. The number of thioether (sulfide) groups is 1. The molecule has 198 valence electrons. The summed E-state index contributed by atoms with van der Waals surface area (Å²) >= 11 is 7.47. The monoisotopic (exact) mass is 549 g/mol. The summed E-state index contributed by atoms with van der Waals surface area (Å²) in [5.41, 5.74) is 5.15. The van der Waals surface area contributed by atoms with Crippen LogP contribution in [0.3, 0.4) is 0 Å². The molecule has 0 aliphatic heterocycles. The molecule has 1 N–H and O–H groups in total. The van der Waals surface area contributed by atoms with E-state index < -0.39 is 0 Å². The van der Waals surface area contributed by atoms with Gasteiger partial charge in [0.2, 0.25) is 5.91 Å². The van der Waals surface area contributed by atoms with Gasteiger partial charge in [0.15, 0.2) is 5.16 Å². The van der Waals surface area contributed by atoms with Crippen LogP contribution in [0.2, 0.25) is 5.02 Å². The second-order valence-corrected chi connectivity index (χ2v) is 11.7. The van der Waals surface area contributed by atoms with E-state index in [1.807, 2.05) is 13.0 Å². The summed E-state index contributed by atoms with van der Waals surface area (Å²) < 4.78 is 6.90. The molecule has 0 saturated heterocycles. The number of fused-ring (bicyclic) bond motifs is 4. The van der Waals surface area contributed by atoms with Crippen LogP contribution in [0.25, 0.3) is 11.3 Å². The lowest BCUT2D eigenvalue weighted by atomic mass is 9.62. The van der Waals surface area contributed by atoms with Crippen LogP contribution in [-0.4, -0.2) is 28.3 Å². The molecule has 5 rings (SSSR count). The summed E-state index contributed by atoms with van der Waals surface area (Å²) in [6.07, 6.45) is 6.31. The van der Waals surface area contributed by atoms with Crippen LogP contribution in [0.4, 0.5) is 5.69 Å². The molecular weight excluding hydrogens is 518 g/mol. The predicted octanol–water partition coefficient (Wildman–Crippen LogP) is 6.64. The highest BCUT2D eigenvalue weighted by Crippen LogP contribution is 2.48. The van der Waals surface area contributed by atoms with Crippen molar-refractivity contribution in [2.24, 2.45) is 0 Å². The minimum atomic E-state index is -0.214. The molecule has 8 heteroatoms. The quantitative estimate of drug-likeness (QED) is 0.203. The molecule has 3 aromatic rings. The average Bonchev–Trinajstić information content (AvgIpc) is 2.89. The Morgan fingerprint density at radius 3 is 2.68 bits per heavy atom. The molecule has 1 spiro atoms. The molecule has 1 amide bonds. The van der Waals surface area contributed by atoms with Gasteiger partial charge in [-0.1, -0.05) is 79.0 Å². The number of benzene rings is 2. The number of carbonyl (C=O) groups excluding carboxylic acids is 1. The minimum absolute atomic E-state index is 0.000697. The highest BCUT2D eigenvalue weighted by molar-refractivity contribution is 7.99. The summed E-state index contributed by atoms with van der Waals surface area (Å²) in [5, 5.41) is 3.82.